The number of phenolic OH excluding ortho intramolecular Hbond substituents is 1. The first kappa shape index (κ1) is 19.3. The van der Waals surface area contributed by atoms with Crippen molar-refractivity contribution in [2.24, 2.45) is 0 Å². The summed E-state index contributed by atoms with van der Waals surface area (Å²) >= 11 is 0. The van der Waals surface area contributed by atoms with E-state index in [2.05, 4.69) is 15.3 Å². The molecule has 0 spiro atoms. The number of nitrogens with two attached hydrogens (primary N) is 1. The number of benzene rings is 2. The van der Waals surface area contributed by atoms with Crippen molar-refractivity contribution < 1.29 is 18.3 Å². The molecule has 4 N–H and O–H groups in total. The quantitative estimate of drug-likeness (QED) is 0.543. The van der Waals surface area contributed by atoms with Gasteiger partial charge in [-0.2, -0.15) is 13.2 Å². The summed E-state index contributed by atoms with van der Waals surface area (Å²) in [6.45, 7) is 3.51. The Hall–Kier alpha value is -3.03. The summed E-state index contributed by atoms with van der Waals surface area (Å²) in [6, 6.07) is 4.65. The number of nitrogens with one attached hydrogen (secondary N) is 1. The molecule has 1 atom stereocenters. The van der Waals surface area contributed by atoms with Crippen LogP contribution in [0.2, 0.25) is 0 Å². The zero-order valence-corrected chi connectivity index (χ0v) is 16.1. The van der Waals surface area contributed by atoms with Gasteiger partial charge in [-0.05, 0) is 74.1 Å². The van der Waals surface area contributed by atoms with Crippen molar-refractivity contribution in [3.8, 4) is 5.75 Å². The van der Waals surface area contributed by atoms with Crippen LogP contribution in [-0.4, -0.2) is 15.1 Å². The third-order valence-electron chi connectivity index (χ3n) is 5.31. The van der Waals surface area contributed by atoms with Gasteiger partial charge in [0, 0.05) is 11.1 Å². The lowest BCUT2D eigenvalue weighted by Gasteiger charge is -2.19. The van der Waals surface area contributed by atoms with E-state index in [1.54, 1.807) is 19.9 Å². The molecule has 0 fully saturated rings. The molecule has 152 valence electrons. The van der Waals surface area contributed by atoms with E-state index in [1.807, 2.05) is 0 Å². The number of nitrogens with zero attached hydrogens (tertiary/aromatic N) is 2. The lowest BCUT2D eigenvalue weighted by Crippen LogP contribution is -2.13. The second-order valence-electron chi connectivity index (χ2n) is 7.47. The number of alkyl halides is 3. The molecule has 0 radical (unpaired) electrons. The molecule has 1 aromatic heterocycles. The Morgan fingerprint density at radius 1 is 1.10 bits per heavy atom. The minimum absolute atomic E-state index is 0.0441. The van der Waals surface area contributed by atoms with E-state index in [0.717, 1.165) is 48.0 Å². The van der Waals surface area contributed by atoms with Crippen LogP contribution in [0.25, 0.3) is 10.9 Å². The molecule has 1 heterocycles. The number of phenols is 1. The number of hydrogen-bond acceptors (Lipinski definition) is 5. The minimum atomic E-state index is -4.48. The molecule has 0 saturated carbocycles. The highest BCUT2D eigenvalue weighted by atomic mass is 19.4. The van der Waals surface area contributed by atoms with Gasteiger partial charge in [0.2, 0.25) is 0 Å². The number of nitrogen functional groups attached to an aromatic ring is 1. The Morgan fingerprint density at radius 2 is 1.83 bits per heavy atom. The SMILES string of the molecule is Cc1nc(NC(C)c2cc(N)cc(C(F)(F)F)c2)c2cc(O)c3c(c2n1)CCC3. The first-order valence-electron chi connectivity index (χ1n) is 9.39. The number of aryl methyl sites for hydroxylation is 2. The Balaban J connectivity index is 1.77. The topological polar surface area (TPSA) is 84.1 Å². The third-order valence-corrected chi connectivity index (χ3v) is 5.31. The van der Waals surface area contributed by atoms with Crippen molar-refractivity contribution in [2.75, 3.05) is 11.1 Å². The van der Waals surface area contributed by atoms with E-state index in [1.165, 1.54) is 6.07 Å². The Bertz CT molecular complexity index is 1110. The average Bonchev–Trinajstić information content (AvgIpc) is 3.12. The largest absolute Gasteiger partial charge is 0.508 e. The number of anilines is 2. The van der Waals surface area contributed by atoms with Crippen LogP contribution in [0.5, 0.6) is 5.75 Å². The summed E-state index contributed by atoms with van der Waals surface area (Å²) in [6.07, 6.45) is -1.89. The third kappa shape index (κ3) is 3.54. The van der Waals surface area contributed by atoms with Crippen LogP contribution in [0.3, 0.4) is 0 Å². The van der Waals surface area contributed by atoms with Gasteiger partial charge < -0.3 is 16.2 Å². The van der Waals surface area contributed by atoms with Crippen molar-refractivity contribution >= 4 is 22.4 Å². The highest BCUT2D eigenvalue weighted by Gasteiger charge is 2.31. The monoisotopic (exact) mass is 402 g/mol. The van der Waals surface area contributed by atoms with Crippen molar-refractivity contribution in [2.45, 2.75) is 45.3 Å². The van der Waals surface area contributed by atoms with Crippen LogP contribution in [-0.2, 0) is 19.0 Å². The predicted molar refractivity (Wildman–Crippen MR) is 106 cm³/mol. The average molecular weight is 402 g/mol. The van der Waals surface area contributed by atoms with Gasteiger partial charge in [0.25, 0.3) is 0 Å². The van der Waals surface area contributed by atoms with Crippen molar-refractivity contribution in [1.82, 2.24) is 9.97 Å². The molecule has 0 amide bonds. The number of fused-ring (bicyclic) bond motifs is 3. The standard InChI is InChI=1S/C21H21F3N4O/c1-10(12-6-13(21(22,23)24)8-14(25)7-12)26-20-17-9-18(29)15-4-3-5-16(15)19(17)27-11(2)28-20/h6-10,29H,3-5,25H2,1-2H3,(H,26,27,28). The van der Waals surface area contributed by atoms with Crippen LogP contribution in [0.1, 0.15) is 47.5 Å². The van der Waals surface area contributed by atoms with E-state index >= 15 is 0 Å². The zero-order valence-electron chi connectivity index (χ0n) is 16.1. The van der Waals surface area contributed by atoms with Crippen LogP contribution < -0.4 is 11.1 Å². The van der Waals surface area contributed by atoms with E-state index in [0.29, 0.717) is 22.6 Å². The van der Waals surface area contributed by atoms with Crippen LogP contribution in [0, 0.1) is 6.92 Å². The number of rotatable bonds is 3. The maximum Gasteiger partial charge on any atom is 0.416 e. The summed E-state index contributed by atoms with van der Waals surface area (Å²) in [4.78, 5) is 9.00. The Morgan fingerprint density at radius 3 is 2.55 bits per heavy atom. The fourth-order valence-corrected chi connectivity index (χ4v) is 3.95. The normalized spacial score (nSPS) is 14.8. The predicted octanol–water partition coefficient (Wildman–Crippen LogP) is 4.91. The summed E-state index contributed by atoms with van der Waals surface area (Å²) in [5.41, 5.74) is 8.06. The Labute approximate surface area is 165 Å². The van der Waals surface area contributed by atoms with Gasteiger partial charge in [-0.15, -0.1) is 0 Å². The highest BCUT2D eigenvalue weighted by molar-refractivity contribution is 5.94. The molecule has 3 aromatic rings. The number of hydrogen-bond donors (Lipinski definition) is 3. The summed E-state index contributed by atoms with van der Waals surface area (Å²) in [7, 11) is 0. The van der Waals surface area contributed by atoms with Gasteiger partial charge in [-0.25, -0.2) is 9.97 Å². The highest BCUT2D eigenvalue weighted by Crippen LogP contribution is 2.39. The first-order valence-corrected chi connectivity index (χ1v) is 9.39. The molecule has 1 aliphatic carbocycles. The van der Waals surface area contributed by atoms with Crippen molar-refractivity contribution in [3.05, 3.63) is 52.3 Å². The summed E-state index contributed by atoms with van der Waals surface area (Å²) < 4.78 is 39.4. The van der Waals surface area contributed by atoms with E-state index in [-0.39, 0.29) is 11.4 Å². The maximum absolute atomic E-state index is 13.1. The van der Waals surface area contributed by atoms with Crippen molar-refractivity contribution in [1.29, 1.82) is 0 Å². The Kier molecular flexibility index (Phi) is 4.52. The second-order valence-corrected chi connectivity index (χ2v) is 7.47. The molecule has 0 aliphatic heterocycles. The molecule has 0 saturated heterocycles. The van der Waals surface area contributed by atoms with Crippen LogP contribution >= 0.6 is 0 Å². The number of halogens is 3. The molecule has 2 aromatic carbocycles. The summed E-state index contributed by atoms with van der Waals surface area (Å²) in [5, 5.41) is 14.2. The van der Waals surface area contributed by atoms with Crippen LogP contribution in [0.4, 0.5) is 24.7 Å². The molecule has 1 unspecified atom stereocenters. The first-order chi connectivity index (χ1) is 13.6. The molecule has 29 heavy (non-hydrogen) atoms. The van der Waals surface area contributed by atoms with Gasteiger partial charge in [0.15, 0.2) is 0 Å². The van der Waals surface area contributed by atoms with E-state index in [4.69, 9.17) is 5.73 Å². The number of aromatic nitrogens is 2. The summed E-state index contributed by atoms with van der Waals surface area (Å²) in [5.74, 6) is 1.23. The van der Waals surface area contributed by atoms with Gasteiger partial charge >= 0.3 is 6.18 Å². The molecular formula is C21H21F3N4O. The van der Waals surface area contributed by atoms with Crippen molar-refractivity contribution in [3.63, 3.8) is 0 Å². The molecule has 8 heteroatoms. The van der Waals surface area contributed by atoms with E-state index < -0.39 is 17.8 Å². The molecule has 1 aliphatic rings. The fourth-order valence-electron chi connectivity index (χ4n) is 3.95. The lowest BCUT2D eigenvalue weighted by atomic mass is 10.0. The van der Waals surface area contributed by atoms with Crippen LogP contribution in [0.15, 0.2) is 24.3 Å². The second kappa shape index (κ2) is 6.79. The van der Waals surface area contributed by atoms with E-state index in [9.17, 15) is 18.3 Å². The van der Waals surface area contributed by atoms with Gasteiger partial charge in [-0.3, -0.25) is 0 Å². The van der Waals surface area contributed by atoms with Gasteiger partial charge in [-0.1, -0.05) is 0 Å². The molecule has 5 nitrogen and oxygen atoms in total. The molecule has 4 rings (SSSR count). The smallest absolute Gasteiger partial charge is 0.416 e. The molecular weight excluding hydrogens is 381 g/mol. The van der Waals surface area contributed by atoms with Gasteiger partial charge in [0.05, 0.1) is 17.1 Å². The minimum Gasteiger partial charge on any atom is -0.508 e. The zero-order chi connectivity index (χ0) is 20.9. The van der Waals surface area contributed by atoms with Gasteiger partial charge in [0.1, 0.15) is 17.4 Å². The molecule has 0 bridgehead atoms. The fraction of sp³-hybridized carbons (Fsp3) is 0.333. The number of aromatic hydroxyl groups is 1. The lowest BCUT2D eigenvalue weighted by molar-refractivity contribution is -0.137. The maximum atomic E-state index is 13.1.